The Kier molecular flexibility index (Phi) is 9.84. The van der Waals surface area contributed by atoms with Gasteiger partial charge in [-0.1, -0.05) is 0 Å². The first-order chi connectivity index (χ1) is 17.6. The molecule has 1 N–H and O–H groups in total. The van der Waals surface area contributed by atoms with Crippen LogP contribution in [0.25, 0.3) is 0 Å². The lowest BCUT2D eigenvalue weighted by molar-refractivity contribution is -0.150. The van der Waals surface area contributed by atoms with Crippen LogP contribution in [0.3, 0.4) is 0 Å². The Morgan fingerprint density at radius 1 is 0.973 bits per heavy atom. The molecule has 0 spiro atoms. The fourth-order valence-corrected chi connectivity index (χ4v) is 3.97. The summed E-state index contributed by atoms with van der Waals surface area (Å²) in [6.45, 7) is 7.35. The molecule has 1 aromatic carbocycles. The Balaban J connectivity index is 1.53. The number of aliphatic hydroxyl groups excluding tert-OH is 1. The zero-order valence-electron chi connectivity index (χ0n) is 21.5. The number of piperidine rings is 1. The van der Waals surface area contributed by atoms with Crippen molar-refractivity contribution in [1.29, 1.82) is 0 Å². The fraction of sp³-hybridized carbons (Fsp3) is 0.600. The van der Waals surface area contributed by atoms with E-state index in [0.717, 1.165) is 0 Å². The van der Waals surface area contributed by atoms with Gasteiger partial charge in [0, 0.05) is 25.2 Å². The van der Waals surface area contributed by atoms with Crippen molar-refractivity contribution >= 4 is 29.6 Å². The molecular formula is C25H35N3O9. The van der Waals surface area contributed by atoms with Crippen LogP contribution in [-0.4, -0.2) is 103 Å². The third-order valence-corrected chi connectivity index (χ3v) is 5.63. The lowest BCUT2D eigenvalue weighted by Gasteiger charge is -2.34. The smallest absolute Gasteiger partial charge is 0.424 e. The Hall–Kier alpha value is -3.22. The highest BCUT2D eigenvalue weighted by Gasteiger charge is 2.46. The van der Waals surface area contributed by atoms with E-state index in [2.05, 4.69) is 0 Å². The molecule has 5 amide bonds. The Labute approximate surface area is 216 Å². The Bertz CT molecular complexity index is 961. The molecule has 0 radical (unpaired) electrons. The third kappa shape index (κ3) is 7.63. The first-order valence-corrected chi connectivity index (χ1v) is 12.3. The average molecular weight is 522 g/mol. The van der Waals surface area contributed by atoms with Crippen molar-refractivity contribution in [2.75, 3.05) is 57.6 Å². The SMILES string of the molecule is CC(C)(C)OC(=O)N1C(=O)CCC(N2CCN(c3ccc(OCCOCCOCCO)cc3)C2=O)C1=O. The number of anilines is 1. The van der Waals surface area contributed by atoms with Gasteiger partial charge in [-0.25, -0.2) is 9.59 Å². The van der Waals surface area contributed by atoms with Gasteiger partial charge in [0.2, 0.25) is 5.91 Å². The quantitative estimate of drug-likeness (QED) is 0.341. The van der Waals surface area contributed by atoms with E-state index < -0.39 is 29.6 Å². The van der Waals surface area contributed by atoms with Crippen LogP contribution in [0.5, 0.6) is 5.75 Å². The lowest BCUT2D eigenvalue weighted by Crippen LogP contribution is -2.57. The predicted octanol–water partition coefficient (Wildman–Crippen LogP) is 1.79. The van der Waals surface area contributed by atoms with Crippen molar-refractivity contribution in [3.8, 4) is 5.75 Å². The molecule has 1 aromatic rings. The molecule has 0 saturated carbocycles. The minimum absolute atomic E-state index is 0.0212. The number of carbonyl (C=O) groups excluding carboxylic acids is 4. The summed E-state index contributed by atoms with van der Waals surface area (Å²) < 4.78 is 21.3. The first-order valence-electron chi connectivity index (χ1n) is 12.3. The number of hydrogen-bond donors (Lipinski definition) is 1. The number of imide groups is 3. The number of carbonyl (C=O) groups is 4. The van der Waals surface area contributed by atoms with Crippen LogP contribution >= 0.6 is 0 Å². The zero-order valence-corrected chi connectivity index (χ0v) is 21.5. The summed E-state index contributed by atoms with van der Waals surface area (Å²) in [7, 11) is 0. The van der Waals surface area contributed by atoms with Crippen LogP contribution < -0.4 is 9.64 Å². The second-order valence-corrected chi connectivity index (χ2v) is 9.52. The van der Waals surface area contributed by atoms with Gasteiger partial charge in [0.05, 0.1) is 33.0 Å². The van der Waals surface area contributed by atoms with Gasteiger partial charge in [-0.3, -0.25) is 14.5 Å². The largest absolute Gasteiger partial charge is 0.491 e. The summed E-state index contributed by atoms with van der Waals surface area (Å²) in [5.74, 6) is -0.761. The van der Waals surface area contributed by atoms with Gasteiger partial charge < -0.3 is 29.0 Å². The average Bonchev–Trinajstić information content (AvgIpc) is 3.21. The maximum Gasteiger partial charge on any atom is 0.424 e. The molecular weight excluding hydrogens is 486 g/mol. The third-order valence-electron chi connectivity index (χ3n) is 5.63. The molecule has 2 saturated heterocycles. The second kappa shape index (κ2) is 12.8. The molecule has 37 heavy (non-hydrogen) atoms. The van der Waals surface area contributed by atoms with Gasteiger partial charge in [0.1, 0.15) is 24.0 Å². The van der Waals surface area contributed by atoms with E-state index in [9.17, 15) is 19.2 Å². The number of hydrogen-bond acceptors (Lipinski definition) is 9. The highest BCUT2D eigenvalue weighted by molar-refractivity contribution is 6.13. The van der Waals surface area contributed by atoms with E-state index >= 15 is 0 Å². The van der Waals surface area contributed by atoms with E-state index in [0.29, 0.717) is 49.3 Å². The van der Waals surface area contributed by atoms with Crippen molar-refractivity contribution in [1.82, 2.24) is 9.80 Å². The molecule has 3 rings (SSSR count). The Morgan fingerprint density at radius 3 is 2.27 bits per heavy atom. The lowest BCUT2D eigenvalue weighted by atomic mass is 10.0. The predicted molar refractivity (Wildman–Crippen MR) is 131 cm³/mol. The molecule has 1 unspecified atom stereocenters. The van der Waals surface area contributed by atoms with Crippen molar-refractivity contribution in [3.05, 3.63) is 24.3 Å². The van der Waals surface area contributed by atoms with E-state index in [4.69, 9.17) is 24.1 Å². The molecule has 204 valence electrons. The first kappa shape index (κ1) is 28.4. The van der Waals surface area contributed by atoms with E-state index in [1.165, 1.54) is 4.90 Å². The number of urea groups is 1. The molecule has 2 aliphatic heterocycles. The van der Waals surface area contributed by atoms with Crippen LogP contribution in [-0.2, 0) is 23.8 Å². The highest BCUT2D eigenvalue weighted by Crippen LogP contribution is 2.28. The van der Waals surface area contributed by atoms with Crippen molar-refractivity contribution in [2.24, 2.45) is 0 Å². The Morgan fingerprint density at radius 2 is 1.62 bits per heavy atom. The van der Waals surface area contributed by atoms with Crippen LogP contribution in [0.1, 0.15) is 33.6 Å². The zero-order chi connectivity index (χ0) is 27.0. The highest BCUT2D eigenvalue weighted by atomic mass is 16.6. The second-order valence-electron chi connectivity index (χ2n) is 9.52. The molecule has 12 nitrogen and oxygen atoms in total. The van der Waals surface area contributed by atoms with Gasteiger partial charge in [0.25, 0.3) is 5.91 Å². The van der Waals surface area contributed by atoms with Crippen LogP contribution in [0.4, 0.5) is 15.3 Å². The van der Waals surface area contributed by atoms with Gasteiger partial charge in [-0.2, -0.15) is 4.90 Å². The minimum atomic E-state index is -1.02. The number of nitrogens with zero attached hydrogens (tertiary/aromatic N) is 3. The standard InChI is InChI=1S/C25H35N3O9/c1-25(2,3)37-24(33)28-21(30)9-8-20(22(28)31)27-11-10-26(23(27)32)18-4-6-19(7-5-18)36-17-16-35-15-14-34-13-12-29/h4-7,20,29H,8-17H2,1-3H3. The van der Waals surface area contributed by atoms with Crippen molar-refractivity contribution < 1.29 is 43.2 Å². The van der Waals surface area contributed by atoms with Crippen LogP contribution in [0.2, 0.25) is 0 Å². The van der Waals surface area contributed by atoms with Gasteiger partial charge in [-0.15, -0.1) is 0 Å². The summed E-state index contributed by atoms with van der Waals surface area (Å²) in [6.07, 6.45) is -0.907. The summed E-state index contributed by atoms with van der Waals surface area (Å²) in [5, 5.41) is 8.64. The van der Waals surface area contributed by atoms with Gasteiger partial charge in [-0.05, 0) is 51.5 Å². The van der Waals surface area contributed by atoms with Gasteiger partial charge in [0.15, 0.2) is 0 Å². The summed E-state index contributed by atoms with van der Waals surface area (Å²) in [6, 6.07) is 5.69. The molecule has 0 aromatic heterocycles. The molecule has 0 bridgehead atoms. The normalized spacial score (nSPS) is 18.5. The van der Waals surface area contributed by atoms with E-state index in [1.54, 1.807) is 49.9 Å². The number of rotatable bonds is 11. The number of ether oxygens (including phenoxy) is 4. The molecule has 2 aliphatic rings. The van der Waals surface area contributed by atoms with Gasteiger partial charge >= 0.3 is 12.1 Å². The van der Waals surface area contributed by atoms with Crippen molar-refractivity contribution in [3.63, 3.8) is 0 Å². The van der Waals surface area contributed by atoms with Crippen LogP contribution in [0.15, 0.2) is 24.3 Å². The monoisotopic (exact) mass is 521 g/mol. The van der Waals surface area contributed by atoms with E-state index in [-0.39, 0.29) is 38.6 Å². The van der Waals surface area contributed by atoms with Crippen LogP contribution in [0, 0.1) is 0 Å². The van der Waals surface area contributed by atoms with Crippen molar-refractivity contribution in [2.45, 2.75) is 45.3 Å². The molecule has 2 fully saturated rings. The maximum atomic E-state index is 13.2. The topological polar surface area (TPSA) is 135 Å². The molecule has 1 atom stereocenters. The number of amides is 5. The number of likely N-dealkylation sites (tertiary alicyclic amines) is 1. The number of aliphatic hydroxyl groups is 1. The summed E-state index contributed by atoms with van der Waals surface area (Å²) in [4.78, 5) is 54.5. The summed E-state index contributed by atoms with van der Waals surface area (Å²) >= 11 is 0. The molecule has 12 heteroatoms. The summed E-state index contributed by atoms with van der Waals surface area (Å²) in [5.41, 5.74) is -0.232. The maximum absolute atomic E-state index is 13.2. The number of benzene rings is 1. The molecule has 0 aliphatic carbocycles. The van der Waals surface area contributed by atoms with E-state index in [1.807, 2.05) is 0 Å². The minimum Gasteiger partial charge on any atom is -0.491 e. The molecule has 2 heterocycles. The fourth-order valence-electron chi connectivity index (χ4n) is 3.97.